The number of aryl methyl sites for hydroxylation is 1. The molecule has 0 spiro atoms. The number of amides is 1. The SMILES string of the molecule is CCCCC(CC)CNC(=O)c1cnc(C)cc1NC. The molecule has 1 atom stereocenters. The molecule has 0 aliphatic carbocycles. The summed E-state index contributed by atoms with van der Waals surface area (Å²) in [5.41, 5.74) is 2.35. The highest BCUT2D eigenvalue weighted by atomic mass is 16.1. The van der Waals surface area contributed by atoms with E-state index in [0.717, 1.165) is 24.3 Å². The van der Waals surface area contributed by atoms with Crippen LogP contribution in [-0.2, 0) is 0 Å². The molecule has 0 radical (unpaired) electrons. The monoisotopic (exact) mass is 277 g/mol. The van der Waals surface area contributed by atoms with Gasteiger partial charge in [0.2, 0.25) is 0 Å². The van der Waals surface area contributed by atoms with Crippen LogP contribution < -0.4 is 10.6 Å². The van der Waals surface area contributed by atoms with Crippen LogP contribution in [0.4, 0.5) is 5.69 Å². The molecule has 20 heavy (non-hydrogen) atoms. The number of nitrogens with zero attached hydrogens (tertiary/aromatic N) is 1. The zero-order valence-electron chi connectivity index (χ0n) is 13.1. The second-order valence-electron chi connectivity index (χ2n) is 5.25. The highest BCUT2D eigenvalue weighted by molar-refractivity contribution is 5.99. The summed E-state index contributed by atoms with van der Waals surface area (Å²) in [5, 5.41) is 6.09. The van der Waals surface area contributed by atoms with Gasteiger partial charge in [-0.05, 0) is 25.3 Å². The number of hydrogen-bond donors (Lipinski definition) is 2. The molecular weight excluding hydrogens is 250 g/mol. The summed E-state index contributed by atoms with van der Waals surface area (Å²) in [4.78, 5) is 16.4. The molecule has 1 rings (SSSR count). The highest BCUT2D eigenvalue weighted by Crippen LogP contribution is 2.16. The number of rotatable bonds is 8. The highest BCUT2D eigenvalue weighted by Gasteiger charge is 2.13. The number of unbranched alkanes of at least 4 members (excludes halogenated alkanes) is 1. The van der Waals surface area contributed by atoms with Crippen LogP contribution in [0.1, 0.15) is 55.6 Å². The van der Waals surface area contributed by atoms with E-state index in [1.807, 2.05) is 20.0 Å². The van der Waals surface area contributed by atoms with Crippen LogP contribution in [0, 0.1) is 12.8 Å². The number of nitrogens with one attached hydrogen (secondary N) is 2. The van der Waals surface area contributed by atoms with E-state index in [1.54, 1.807) is 6.20 Å². The fraction of sp³-hybridized carbons (Fsp3) is 0.625. The molecule has 1 heterocycles. The minimum absolute atomic E-state index is 0.0446. The topological polar surface area (TPSA) is 54.0 Å². The van der Waals surface area contributed by atoms with Gasteiger partial charge in [0, 0.05) is 25.5 Å². The first-order valence-corrected chi connectivity index (χ1v) is 7.54. The lowest BCUT2D eigenvalue weighted by atomic mass is 9.99. The van der Waals surface area contributed by atoms with E-state index in [9.17, 15) is 4.79 Å². The van der Waals surface area contributed by atoms with Crippen molar-refractivity contribution >= 4 is 11.6 Å². The summed E-state index contributed by atoms with van der Waals surface area (Å²) in [7, 11) is 1.82. The number of anilines is 1. The van der Waals surface area contributed by atoms with Crippen LogP contribution in [0.25, 0.3) is 0 Å². The van der Waals surface area contributed by atoms with Crippen LogP contribution in [0.5, 0.6) is 0 Å². The third-order valence-corrected chi connectivity index (χ3v) is 3.65. The summed E-state index contributed by atoms with van der Waals surface area (Å²) < 4.78 is 0. The summed E-state index contributed by atoms with van der Waals surface area (Å²) in [6.07, 6.45) is 6.35. The predicted octanol–water partition coefficient (Wildman–Crippen LogP) is 3.38. The third-order valence-electron chi connectivity index (χ3n) is 3.65. The number of carbonyl (C=O) groups is 1. The fourth-order valence-electron chi connectivity index (χ4n) is 2.22. The average molecular weight is 277 g/mol. The van der Waals surface area contributed by atoms with Crippen LogP contribution >= 0.6 is 0 Å². The van der Waals surface area contributed by atoms with Crippen molar-refractivity contribution in [2.45, 2.75) is 46.5 Å². The Morgan fingerprint density at radius 3 is 2.75 bits per heavy atom. The van der Waals surface area contributed by atoms with Crippen molar-refractivity contribution in [2.24, 2.45) is 5.92 Å². The number of hydrogen-bond acceptors (Lipinski definition) is 3. The second kappa shape index (κ2) is 8.56. The van der Waals surface area contributed by atoms with Gasteiger partial charge in [0.25, 0.3) is 5.91 Å². The summed E-state index contributed by atoms with van der Waals surface area (Å²) in [6, 6.07) is 1.89. The van der Waals surface area contributed by atoms with E-state index in [2.05, 4.69) is 29.5 Å². The molecule has 0 bridgehead atoms. The standard InChI is InChI=1S/C16H27N3O/c1-5-7-8-13(6-2)10-19-16(20)14-11-18-12(3)9-15(14)17-4/h9,11,13H,5-8,10H2,1-4H3,(H,17,18)(H,19,20). The maximum atomic E-state index is 12.2. The minimum atomic E-state index is -0.0446. The van der Waals surface area contributed by atoms with Crippen molar-refractivity contribution in [1.29, 1.82) is 0 Å². The smallest absolute Gasteiger partial charge is 0.254 e. The lowest BCUT2D eigenvalue weighted by Crippen LogP contribution is -2.29. The van der Waals surface area contributed by atoms with Gasteiger partial charge >= 0.3 is 0 Å². The van der Waals surface area contributed by atoms with Crippen molar-refractivity contribution in [3.05, 3.63) is 23.5 Å². The summed E-state index contributed by atoms with van der Waals surface area (Å²) in [6.45, 7) is 7.04. The molecule has 0 saturated heterocycles. The molecule has 2 N–H and O–H groups in total. The van der Waals surface area contributed by atoms with Gasteiger partial charge in [-0.1, -0.05) is 33.1 Å². The lowest BCUT2D eigenvalue weighted by Gasteiger charge is -2.16. The summed E-state index contributed by atoms with van der Waals surface area (Å²) in [5.74, 6) is 0.521. The molecule has 0 fully saturated rings. The number of pyridine rings is 1. The third kappa shape index (κ3) is 4.83. The normalized spacial score (nSPS) is 12.0. The van der Waals surface area contributed by atoms with E-state index in [-0.39, 0.29) is 5.91 Å². The van der Waals surface area contributed by atoms with Gasteiger partial charge < -0.3 is 10.6 Å². The Hall–Kier alpha value is -1.58. The number of aromatic nitrogens is 1. The van der Waals surface area contributed by atoms with Crippen LogP contribution in [0.3, 0.4) is 0 Å². The molecule has 1 aromatic heterocycles. The van der Waals surface area contributed by atoms with Gasteiger partial charge in [-0.2, -0.15) is 0 Å². The van der Waals surface area contributed by atoms with Crippen molar-refractivity contribution in [1.82, 2.24) is 10.3 Å². The van der Waals surface area contributed by atoms with Gasteiger partial charge in [0.1, 0.15) is 0 Å². The van der Waals surface area contributed by atoms with Crippen molar-refractivity contribution < 1.29 is 4.79 Å². The Labute approximate surface area is 122 Å². The van der Waals surface area contributed by atoms with Crippen LogP contribution in [0.2, 0.25) is 0 Å². The molecule has 4 heteroatoms. The maximum absolute atomic E-state index is 12.2. The largest absolute Gasteiger partial charge is 0.387 e. The van der Waals surface area contributed by atoms with Crippen molar-refractivity contribution in [3.8, 4) is 0 Å². The maximum Gasteiger partial charge on any atom is 0.254 e. The molecule has 112 valence electrons. The Bertz CT molecular complexity index is 432. The summed E-state index contributed by atoms with van der Waals surface area (Å²) >= 11 is 0. The number of carbonyl (C=O) groups excluding carboxylic acids is 1. The molecule has 1 amide bonds. The first-order chi connectivity index (χ1) is 9.62. The van der Waals surface area contributed by atoms with E-state index in [4.69, 9.17) is 0 Å². The first kappa shape index (κ1) is 16.5. The quantitative estimate of drug-likeness (QED) is 0.766. The second-order valence-corrected chi connectivity index (χ2v) is 5.25. The van der Waals surface area contributed by atoms with Crippen LogP contribution in [-0.4, -0.2) is 24.5 Å². The molecule has 0 saturated carbocycles. The first-order valence-electron chi connectivity index (χ1n) is 7.54. The zero-order valence-corrected chi connectivity index (χ0v) is 13.1. The van der Waals surface area contributed by atoms with E-state index < -0.39 is 0 Å². The van der Waals surface area contributed by atoms with Gasteiger partial charge in [0.15, 0.2) is 0 Å². The zero-order chi connectivity index (χ0) is 15.0. The Morgan fingerprint density at radius 1 is 1.40 bits per heavy atom. The lowest BCUT2D eigenvalue weighted by molar-refractivity contribution is 0.0946. The fourth-order valence-corrected chi connectivity index (χ4v) is 2.22. The molecule has 0 aliphatic heterocycles. The molecule has 1 aromatic rings. The molecular formula is C16H27N3O. The molecule has 4 nitrogen and oxygen atoms in total. The van der Waals surface area contributed by atoms with Gasteiger partial charge in [-0.25, -0.2) is 0 Å². The van der Waals surface area contributed by atoms with Crippen molar-refractivity contribution in [3.63, 3.8) is 0 Å². The average Bonchev–Trinajstić information content (AvgIpc) is 2.47. The van der Waals surface area contributed by atoms with Crippen molar-refractivity contribution in [2.75, 3.05) is 18.9 Å². The Morgan fingerprint density at radius 2 is 2.15 bits per heavy atom. The van der Waals surface area contributed by atoms with Gasteiger partial charge in [-0.3, -0.25) is 9.78 Å². The Kier molecular flexibility index (Phi) is 7.05. The van der Waals surface area contributed by atoms with E-state index >= 15 is 0 Å². The van der Waals surface area contributed by atoms with E-state index in [0.29, 0.717) is 11.5 Å². The predicted molar refractivity (Wildman–Crippen MR) is 84.2 cm³/mol. The van der Waals surface area contributed by atoms with Gasteiger partial charge in [0.05, 0.1) is 11.3 Å². The minimum Gasteiger partial charge on any atom is -0.387 e. The molecule has 1 unspecified atom stereocenters. The van der Waals surface area contributed by atoms with Crippen LogP contribution in [0.15, 0.2) is 12.3 Å². The van der Waals surface area contributed by atoms with E-state index in [1.165, 1.54) is 19.3 Å². The molecule has 0 aliphatic rings. The molecule has 0 aromatic carbocycles. The van der Waals surface area contributed by atoms with Gasteiger partial charge in [-0.15, -0.1) is 0 Å². The Balaban J connectivity index is 2.62.